The Morgan fingerprint density at radius 1 is 1.15 bits per heavy atom. The van der Waals surface area contributed by atoms with Gasteiger partial charge >= 0.3 is 0 Å². The number of aliphatic hydroxyl groups excluding tert-OH is 1. The highest BCUT2D eigenvalue weighted by atomic mass is 79.9. The number of hydrogen-bond acceptors (Lipinski definition) is 2. The summed E-state index contributed by atoms with van der Waals surface area (Å²) in [6.45, 7) is 2.60. The lowest BCUT2D eigenvalue weighted by molar-refractivity contribution is 0.199. The van der Waals surface area contributed by atoms with Crippen molar-refractivity contribution in [2.75, 3.05) is 11.9 Å². The molecule has 20 heavy (non-hydrogen) atoms. The first-order chi connectivity index (χ1) is 9.47. The zero-order valence-electron chi connectivity index (χ0n) is 11.5. The van der Waals surface area contributed by atoms with Gasteiger partial charge in [0.25, 0.3) is 0 Å². The van der Waals surface area contributed by atoms with Crippen LogP contribution in [0.1, 0.15) is 24.2 Å². The number of rotatable bonds is 4. The van der Waals surface area contributed by atoms with Crippen LogP contribution >= 0.6 is 31.9 Å². The van der Waals surface area contributed by atoms with Gasteiger partial charge in [-0.1, -0.05) is 34.1 Å². The summed E-state index contributed by atoms with van der Waals surface area (Å²) in [6, 6.07) is 14.3. The summed E-state index contributed by atoms with van der Waals surface area (Å²) in [5.41, 5.74) is 3.26. The first-order valence-electron chi connectivity index (χ1n) is 6.40. The van der Waals surface area contributed by atoms with Crippen LogP contribution in [0.4, 0.5) is 5.69 Å². The third kappa shape index (κ3) is 3.84. The van der Waals surface area contributed by atoms with Gasteiger partial charge in [-0.05, 0) is 58.2 Å². The zero-order valence-corrected chi connectivity index (χ0v) is 14.6. The summed E-state index contributed by atoms with van der Waals surface area (Å²) in [7, 11) is 2.06. The molecular weight excluding hydrogens is 382 g/mol. The molecule has 0 fully saturated rings. The maximum absolute atomic E-state index is 9.60. The van der Waals surface area contributed by atoms with Gasteiger partial charge in [0.05, 0.1) is 11.8 Å². The molecule has 106 valence electrons. The maximum atomic E-state index is 9.60. The van der Waals surface area contributed by atoms with Crippen LogP contribution in [0.25, 0.3) is 0 Å². The van der Waals surface area contributed by atoms with E-state index in [0.29, 0.717) is 0 Å². The maximum Gasteiger partial charge on any atom is 0.0762 e. The Morgan fingerprint density at radius 2 is 1.90 bits per heavy atom. The molecular formula is C16H17Br2NO. The Labute approximate surface area is 136 Å². The number of anilines is 1. The highest BCUT2D eigenvalue weighted by Gasteiger charge is 2.09. The molecule has 2 nitrogen and oxygen atoms in total. The average Bonchev–Trinajstić information content (AvgIpc) is 2.38. The molecule has 0 aliphatic carbocycles. The molecule has 0 aliphatic rings. The van der Waals surface area contributed by atoms with Gasteiger partial charge in [-0.2, -0.15) is 0 Å². The molecule has 1 N–H and O–H groups in total. The van der Waals surface area contributed by atoms with Crippen molar-refractivity contribution in [2.24, 2.45) is 0 Å². The van der Waals surface area contributed by atoms with E-state index in [4.69, 9.17) is 0 Å². The van der Waals surface area contributed by atoms with Gasteiger partial charge < -0.3 is 10.0 Å². The average molecular weight is 399 g/mol. The third-order valence-corrected chi connectivity index (χ3v) is 4.30. The molecule has 0 saturated heterocycles. The zero-order chi connectivity index (χ0) is 14.7. The van der Waals surface area contributed by atoms with Crippen LogP contribution in [0.15, 0.2) is 51.4 Å². The van der Waals surface area contributed by atoms with E-state index < -0.39 is 6.10 Å². The van der Waals surface area contributed by atoms with Gasteiger partial charge in [-0.3, -0.25) is 0 Å². The van der Waals surface area contributed by atoms with E-state index in [9.17, 15) is 5.11 Å². The topological polar surface area (TPSA) is 23.5 Å². The molecule has 0 aliphatic heterocycles. The van der Waals surface area contributed by atoms with Gasteiger partial charge in [-0.25, -0.2) is 0 Å². The molecule has 0 unspecified atom stereocenters. The van der Waals surface area contributed by atoms with E-state index in [2.05, 4.69) is 55.9 Å². The molecule has 0 radical (unpaired) electrons. The van der Waals surface area contributed by atoms with Crippen LogP contribution in [0, 0.1) is 0 Å². The second kappa shape index (κ2) is 6.74. The molecule has 0 saturated carbocycles. The molecule has 0 aromatic heterocycles. The largest absolute Gasteiger partial charge is 0.389 e. The molecule has 2 aromatic rings. The van der Waals surface area contributed by atoms with Crippen LogP contribution in [0.5, 0.6) is 0 Å². The summed E-state index contributed by atoms with van der Waals surface area (Å²) in [5, 5.41) is 9.60. The quantitative estimate of drug-likeness (QED) is 0.791. The summed E-state index contributed by atoms with van der Waals surface area (Å²) >= 11 is 7.07. The lowest BCUT2D eigenvalue weighted by atomic mass is 10.1. The van der Waals surface area contributed by atoms with Crippen molar-refractivity contribution in [2.45, 2.75) is 19.6 Å². The minimum atomic E-state index is -0.448. The molecule has 4 heteroatoms. The normalized spacial score (nSPS) is 12.2. The van der Waals surface area contributed by atoms with Crippen molar-refractivity contribution < 1.29 is 5.11 Å². The Bertz CT molecular complexity index is 599. The molecule has 0 amide bonds. The Hall–Kier alpha value is -0.840. The fourth-order valence-corrected chi connectivity index (χ4v) is 3.23. The third-order valence-electron chi connectivity index (χ3n) is 3.17. The van der Waals surface area contributed by atoms with E-state index in [1.807, 2.05) is 30.3 Å². The number of hydrogen-bond donors (Lipinski definition) is 1. The van der Waals surface area contributed by atoms with Crippen molar-refractivity contribution in [1.29, 1.82) is 0 Å². The smallest absolute Gasteiger partial charge is 0.0762 e. The van der Waals surface area contributed by atoms with E-state index in [0.717, 1.165) is 26.7 Å². The summed E-state index contributed by atoms with van der Waals surface area (Å²) in [5.74, 6) is 0. The second-order valence-corrected chi connectivity index (χ2v) is 6.64. The summed E-state index contributed by atoms with van der Waals surface area (Å²) in [4.78, 5) is 2.18. The van der Waals surface area contributed by atoms with Crippen molar-refractivity contribution in [3.63, 3.8) is 0 Å². The van der Waals surface area contributed by atoms with Gasteiger partial charge in [0.2, 0.25) is 0 Å². The second-order valence-electron chi connectivity index (χ2n) is 4.87. The Morgan fingerprint density at radius 3 is 2.50 bits per heavy atom. The minimum Gasteiger partial charge on any atom is -0.389 e. The fourth-order valence-electron chi connectivity index (χ4n) is 2.09. The molecule has 2 rings (SSSR count). The lowest BCUT2D eigenvalue weighted by Gasteiger charge is -2.22. The van der Waals surface area contributed by atoms with Crippen molar-refractivity contribution in [3.8, 4) is 0 Å². The van der Waals surface area contributed by atoms with Gasteiger partial charge in [0, 0.05) is 22.5 Å². The van der Waals surface area contributed by atoms with Gasteiger partial charge in [0.15, 0.2) is 0 Å². The fraction of sp³-hybridized carbons (Fsp3) is 0.250. The molecule has 2 aromatic carbocycles. The number of halogens is 2. The number of benzene rings is 2. The molecule has 0 heterocycles. The van der Waals surface area contributed by atoms with E-state index in [-0.39, 0.29) is 0 Å². The van der Waals surface area contributed by atoms with Crippen molar-refractivity contribution >= 4 is 37.5 Å². The van der Waals surface area contributed by atoms with Crippen molar-refractivity contribution in [1.82, 2.24) is 0 Å². The summed E-state index contributed by atoms with van der Waals surface area (Å²) < 4.78 is 2.08. The van der Waals surface area contributed by atoms with Gasteiger partial charge in [0.1, 0.15) is 0 Å². The van der Waals surface area contributed by atoms with Crippen LogP contribution in [-0.4, -0.2) is 12.2 Å². The van der Waals surface area contributed by atoms with E-state index in [1.165, 1.54) is 5.56 Å². The standard InChI is InChI=1S/C16H17Br2NO/c1-11(20)13-6-7-16(15(18)9-13)19(2)10-12-4-3-5-14(17)8-12/h3-9,11,20H,10H2,1-2H3/t11-/m1/s1. The lowest BCUT2D eigenvalue weighted by Crippen LogP contribution is -2.17. The van der Waals surface area contributed by atoms with Crippen LogP contribution < -0.4 is 4.90 Å². The molecule has 0 spiro atoms. The van der Waals surface area contributed by atoms with Gasteiger partial charge in [-0.15, -0.1) is 0 Å². The predicted octanol–water partition coefficient (Wildman–Crippen LogP) is 4.90. The summed E-state index contributed by atoms with van der Waals surface area (Å²) in [6.07, 6.45) is -0.448. The number of aliphatic hydroxyl groups is 1. The monoisotopic (exact) mass is 397 g/mol. The minimum absolute atomic E-state index is 0.448. The van der Waals surface area contributed by atoms with Crippen LogP contribution in [0.2, 0.25) is 0 Å². The predicted molar refractivity (Wildman–Crippen MR) is 91.0 cm³/mol. The highest BCUT2D eigenvalue weighted by Crippen LogP contribution is 2.29. The Balaban J connectivity index is 2.19. The van der Waals surface area contributed by atoms with E-state index >= 15 is 0 Å². The van der Waals surface area contributed by atoms with Crippen molar-refractivity contribution in [3.05, 3.63) is 62.5 Å². The first kappa shape index (κ1) is 15.5. The van der Waals surface area contributed by atoms with E-state index in [1.54, 1.807) is 6.92 Å². The number of nitrogens with zero attached hydrogens (tertiary/aromatic N) is 1. The molecule has 1 atom stereocenters. The SMILES string of the molecule is C[C@@H](O)c1ccc(N(C)Cc2cccc(Br)c2)c(Br)c1. The molecule has 0 bridgehead atoms. The van der Waals surface area contributed by atoms with Crippen LogP contribution in [-0.2, 0) is 6.54 Å². The van der Waals surface area contributed by atoms with Crippen LogP contribution in [0.3, 0.4) is 0 Å². The highest BCUT2D eigenvalue weighted by molar-refractivity contribution is 9.10. The first-order valence-corrected chi connectivity index (χ1v) is 7.99. The Kier molecular flexibility index (Phi) is 5.24.